The number of hydrogen-bond acceptors (Lipinski definition) is 2. The van der Waals surface area contributed by atoms with Gasteiger partial charge in [-0.2, -0.15) is 0 Å². The maximum atomic E-state index is 12.0. The van der Waals surface area contributed by atoms with Crippen molar-refractivity contribution in [3.63, 3.8) is 0 Å². The van der Waals surface area contributed by atoms with Crippen molar-refractivity contribution in [2.45, 2.75) is 18.9 Å². The zero-order valence-electron chi connectivity index (χ0n) is 6.22. The molecule has 0 bridgehead atoms. The van der Waals surface area contributed by atoms with Crippen LogP contribution in [0.5, 0.6) is 0 Å². The van der Waals surface area contributed by atoms with E-state index in [1.807, 2.05) is 0 Å². The van der Waals surface area contributed by atoms with Gasteiger partial charge in [0.2, 0.25) is 0 Å². The van der Waals surface area contributed by atoms with Crippen molar-refractivity contribution in [2.24, 2.45) is 5.92 Å². The van der Waals surface area contributed by atoms with E-state index in [4.69, 9.17) is 5.11 Å². The third-order valence-corrected chi connectivity index (χ3v) is 2.05. The number of alkyl halides is 1. The van der Waals surface area contributed by atoms with Gasteiger partial charge in [-0.15, -0.1) is 0 Å². The molecule has 2 atom stereocenters. The Morgan fingerprint density at radius 3 is 2.73 bits per heavy atom. The van der Waals surface area contributed by atoms with Gasteiger partial charge in [-0.25, -0.2) is 4.39 Å². The molecule has 1 heterocycles. The Kier molecular flexibility index (Phi) is 2.82. The zero-order valence-corrected chi connectivity index (χ0v) is 6.22. The maximum absolute atomic E-state index is 12.0. The molecule has 0 saturated carbocycles. The second-order valence-electron chi connectivity index (χ2n) is 2.87. The predicted octanol–water partition coefficient (Wildman–Crippen LogP) is 0.409. The van der Waals surface area contributed by atoms with Crippen LogP contribution >= 0.6 is 0 Å². The van der Waals surface area contributed by atoms with Crippen molar-refractivity contribution in [1.29, 1.82) is 0 Å². The van der Waals surface area contributed by atoms with Gasteiger partial charge in [-0.3, -0.25) is 4.79 Å². The van der Waals surface area contributed by atoms with Crippen molar-refractivity contribution in [3.05, 3.63) is 0 Å². The summed E-state index contributed by atoms with van der Waals surface area (Å²) < 4.78 is 12.0. The Balaban J connectivity index is 2.30. The van der Waals surface area contributed by atoms with Crippen LogP contribution in [0.25, 0.3) is 0 Å². The fourth-order valence-electron chi connectivity index (χ4n) is 1.26. The Morgan fingerprint density at radius 1 is 1.64 bits per heavy atom. The van der Waals surface area contributed by atoms with E-state index >= 15 is 0 Å². The fourth-order valence-corrected chi connectivity index (χ4v) is 1.26. The molecule has 0 spiro atoms. The third kappa shape index (κ3) is 2.15. The van der Waals surface area contributed by atoms with Gasteiger partial charge in [0.25, 0.3) is 0 Å². The number of halogens is 1. The molecule has 0 aromatic rings. The summed E-state index contributed by atoms with van der Waals surface area (Å²) in [6, 6.07) is -0.120. The minimum atomic E-state index is -0.783. The molecule has 1 aliphatic rings. The number of nitrogens with one attached hydrogen (secondary N) is 1. The highest BCUT2D eigenvalue weighted by molar-refractivity contribution is 5.70. The number of carboxylic acids is 1. The van der Waals surface area contributed by atoms with Crippen LogP contribution in [0.2, 0.25) is 0 Å². The van der Waals surface area contributed by atoms with Gasteiger partial charge in [0.15, 0.2) is 0 Å². The number of hydrogen-bond donors (Lipinski definition) is 2. The van der Waals surface area contributed by atoms with Crippen molar-refractivity contribution in [2.75, 3.05) is 13.2 Å². The standard InChI is InChI=1S/C7H12FNO2/c8-3-6-2-1-5(4-9-6)7(10)11/h5-6,9H,1-4H2,(H,10,11). The van der Waals surface area contributed by atoms with Crippen LogP contribution in [0.15, 0.2) is 0 Å². The van der Waals surface area contributed by atoms with E-state index in [0.717, 1.165) is 0 Å². The Bertz CT molecular complexity index is 143. The van der Waals surface area contributed by atoms with Crippen LogP contribution < -0.4 is 5.32 Å². The lowest BCUT2D eigenvalue weighted by Crippen LogP contribution is -2.42. The summed E-state index contributed by atoms with van der Waals surface area (Å²) in [4.78, 5) is 10.4. The Morgan fingerprint density at radius 2 is 2.36 bits per heavy atom. The average molecular weight is 161 g/mol. The van der Waals surface area contributed by atoms with Gasteiger partial charge >= 0.3 is 5.97 Å². The normalized spacial score (nSPS) is 31.7. The summed E-state index contributed by atoms with van der Waals surface area (Å²) in [6.45, 7) is 0.0102. The minimum Gasteiger partial charge on any atom is -0.481 e. The maximum Gasteiger partial charge on any atom is 0.307 e. The molecule has 0 aliphatic carbocycles. The zero-order chi connectivity index (χ0) is 8.27. The van der Waals surface area contributed by atoms with E-state index in [-0.39, 0.29) is 12.0 Å². The van der Waals surface area contributed by atoms with Gasteiger partial charge in [0, 0.05) is 12.6 Å². The second-order valence-corrected chi connectivity index (χ2v) is 2.87. The van der Waals surface area contributed by atoms with Crippen LogP contribution in [-0.4, -0.2) is 30.3 Å². The summed E-state index contributed by atoms with van der Waals surface area (Å²) >= 11 is 0. The van der Waals surface area contributed by atoms with Crippen LogP contribution in [0.1, 0.15) is 12.8 Å². The van der Waals surface area contributed by atoms with Crippen molar-refractivity contribution < 1.29 is 14.3 Å². The van der Waals surface area contributed by atoms with Gasteiger partial charge in [0.1, 0.15) is 6.67 Å². The van der Waals surface area contributed by atoms with E-state index in [0.29, 0.717) is 19.4 Å². The first-order valence-electron chi connectivity index (χ1n) is 3.76. The second kappa shape index (κ2) is 3.67. The van der Waals surface area contributed by atoms with E-state index in [1.54, 1.807) is 0 Å². The highest BCUT2D eigenvalue weighted by Crippen LogP contribution is 2.14. The molecule has 1 aliphatic heterocycles. The summed E-state index contributed by atoms with van der Waals surface area (Å²) in [6.07, 6.45) is 1.23. The van der Waals surface area contributed by atoms with Gasteiger partial charge in [-0.1, -0.05) is 0 Å². The van der Waals surface area contributed by atoms with E-state index in [1.165, 1.54) is 0 Å². The molecule has 64 valence electrons. The van der Waals surface area contributed by atoms with Crippen LogP contribution in [-0.2, 0) is 4.79 Å². The van der Waals surface area contributed by atoms with Crippen molar-refractivity contribution >= 4 is 5.97 Å². The first-order valence-corrected chi connectivity index (χ1v) is 3.76. The minimum absolute atomic E-state index is 0.120. The molecule has 0 aromatic heterocycles. The number of rotatable bonds is 2. The summed E-state index contributed by atoms with van der Waals surface area (Å²) in [5, 5.41) is 11.4. The Labute approximate surface area is 64.6 Å². The number of carboxylic acid groups (broad SMARTS) is 1. The van der Waals surface area contributed by atoms with Gasteiger partial charge < -0.3 is 10.4 Å². The number of carbonyl (C=O) groups is 1. The van der Waals surface area contributed by atoms with Crippen LogP contribution in [0, 0.1) is 5.92 Å². The molecule has 1 saturated heterocycles. The smallest absolute Gasteiger partial charge is 0.307 e. The molecule has 3 nitrogen and oxygen atoms in total. The molecule has 0 aromatic carbocycles. The van der Waals surface area contributed by atoms with Gasteiger partial charge in [-0.05, 0) is 12.8 Å². The first-order chi connectivity index (χ1) is 5.24. The van der Waals surface area contributed by atoms with Crippen LogP contribution in [0.4, 0.5) is 4.39 Å². The molecule has 1 fully saturated rings. The SMILES string of the molecule is O=C(O)C1CCC(CF)NC1. The third-order valence-electron chi connectivity index (χ3n) is 2.05. The average Bonchev–Trinajstić information content (AvgIpc) is 2.05. The molecule has 4 heteroatoms. The quantitative estimate of drug-likeness (QED) is 0.616. The van der Waals surface area contributed by atoms with Crippen molar-refractivity contribution in [3.8, 4) is 0 Å². The molecule has 2 N–H and O–H groups in total. The highest BCUT2D eigenvalue weighted by Gasteiger charge is 2.24. The van der Waals surface area contributed by atoms with Crippen LogP contribution in [0.3, 0.4) is 0 Å². The summed E-state index contributed by atoms with van der Waals surface area (Å²) in [5.41, 5.74) is 0. The molecule has 11 heavy (non-hydrogen) atoms. The first kappa shape index (κ1) is 8.46. The monoisotopic (exact) mass is 161 g/mol. The largest absolute Gasteiger partial charge is 0.481 e. The highest BCUT2D eigenvalue weighted by atomic mass is 19.1. The molecular formula is C7H12FNO2. The predicted molar refractivity (Wildman–Crippen MR) is 38.1 cm³/mol. The lowest BCUT2D eigenvalue weighted by Gasteiger charge is -2.25. The Hall–Kier alpha value is -0.640. The molecule has 2 unspecified atom stereocenters. The van der Waals surface area contributed by atoms with E-state index in [9.17, 15) is 9.18 Å². The van der Waals surface area contributed by atoms with E-state index < -0.39 is 12.6 Å². The fraction of sp³-hybridized carbons (Fsp3) is 0.857. The lowest BCUT2D eigenvalue weighted by atomic mass is 9.95. The van der Waals surface area contributed by atoms with Gasteiger partial charge in [0.05, 0.1) is 5.92 Å². The molecular weight excluding hydrogens is 149 g/mol. The number of piperidine rings is 1. The molecule has 0 radical (unpaired) electrons. The topological polar surface area (TPSA) is 49.3 Å². The van der Waals surface area contributed by atoms with Crippen molar-refractivity contribution in [1.82, 2.24) is 5.32 Å². The van der Waals surface area contributed by atoms with E-state index in [2.05, 4.69) is 5.32 Å². The molecule has 1 rings (SSSR count). The summed E-state index contributed by atoms with van der Waals surface area (Å²) in [7, 11) is 0. The lowest BCUT2D eigenvalue weighted by molar-refractivity contribution is -0.142. The number of aliphatic carboxylic acids is 1. The summed E-state index contributed by atoms with van der Waals surface area (Å²) in [5.74, 6) is -1.10. The molecule has 0 amide bonds.